The lowest BCUT2D eigenvalue weighted by molar-refractivity contribution is -0.385. The Hall–Kier alpha value is -1.66. The number of benzene rings is 1. The smallest absolute Gasteiger partial charge is 0.325 e. The van der Waals surface area contributed by atoms with Crippen LogP contribution in [0.3, 0.4) is 0 Å². The van der Waals surface area contributed by atoms with Crippen LogP contribution in [-0.4, -0.2) is 16.0 Å². The van der Waals surface area contributed by atoms with E-state index in [1.807, 2.05) is 0 Å². The van der Waals surface area contributed by atoms with Crippen LogP contribution >= 0.6 is 11.6 Å². The second-order valence-corrected chi connectivity index (χ2v) is 3.21. The van der Waals surface area contributed by atoms with Crippen molar-refractivity contribution in [1.29, 1.82) is 0 Å². The van der Waals surface area contributed by atoms with Crippen LogP contribution in [0.4, 0.5) is 5.69 Å². The highest BCUT2D eigenvalue weighted by Gasteiger charge is 2.24. The lowest BCUT2D eigenvalue weighted by Crippen LogP contribution is -2.21. The second kappa shape index (κ2) is 4.24. The number of nitro groups is 1. The molecule has 0 fully saturated rings. The molecule has 7 heteroatoms. The number of rotatable bonds is 3. The van der Waals surface area contributed by atoms with Crippen molar-refractivity contribution >= 4 is 23.3 Å². The molecular weight excluding hydrogens is 224 g/mol. The minimum Gasteiger partial charge on any atom is -0.480 e. The van der Waals surface area contributed by atoms with E-state index in [0.29, 0.717) is 0 Å². The van der Waals surface area contributed by atoms with Crippen LogP contribution in [0.25, 0.3) is 0 Å². The number of carbonyl (C=O) groups is 1. The highest BCUT2D eigenvalue weighted by molar-refractivity contribution is 6.30. The molecule has 0 bridgehead atoms. The van der Waals surface area contributed by atoms with Crippen LogP contribution in [0.1, 0.15) is 11.6 Å². The first-order valence-corrected chi connectivity index (χ1v) is 4.23. The van der Waals surface area contributed by atoms with E-state index >= 15 is 0 Å². The summed E-state index contributed by atoms with van der Waals surface area (Å²) in [6.07, 6.45) is 0. The Morgan fingerprint density at radius 2 is 2.20 bits per heavy atom. The average Bonchev–Trinajstić information content (AvgIpc) is 2.15. The molecule has 1 atom stereocenters. The zero-order valence-electron chi connectivity index (χ0n) is 7.38. The number of hydrogen-bond acceptors (Lipinski definition) is 4. The lowest BCUT2D eigenvalue weighted by atomic mass is 10.1. The summed E-state index contributed by atoms with van der Waals surface area (Å²) in [5.74, 6) is -1.35. The predicted octanol–water partition coefficient (Wildman–Crippen LogP) is 1.33. The van der Waals surface area contributed by atoms with Crippen molar-refractivity contribution in [3.8, 4) is 0 Å². The van der Waals surface area contributed by atoms with Gasteiger partial charge in [-0.25, -0.2) is 0 Å². The Bertz CT molecular complexity index is 421. The number of nitrogens with two attached hydrogens (primary N) is 1. The zero-order valence-corrected chi connectivity index (χ0v) is 8.14. The number of nitro benzene ring substituents is 1. The van der Waals surface area contributed by atoms with Crippen molar-refractivity contribution in [3.05, 3.63) is 38.9 Å². The van der Waals surface area contributed by atoms with E-state index in [-0.39, 0.29) is 16.3 Å². The summed E-state index contributed by atoms with van der Waals surface area (Å²) in [6, 6.07) is 2.15. The number of hydrogen-bond donors (Lipinski definition) is 2. The van der Waals surface area contributed by atoms with E-state index < -0.39 is 16.9 Å². The van der Waals surface area contributed by atoms with Gasteiger partial charge in [-0.3, -0.25) is 14.9 Å². The summed E-state index contributed by atoms with van der Waals surface area (Å²) in [5.41, 5.74) is 4.82. The van der Waals surface area contributed by atoms with Gasteiger partial charge in [0.05, 0.1) is 10.5 Å². The first kappa shape index (κ1) is 11.4. The normalized spacial score (nSPS) is 12.1. The molecule has 80 valence electrons. The van der Waals surface area contributed by atoms with Gasteiger partial charge >= 0.3 is 5.97 Å². The molecule has 1 rings (SSSR count). The van der Waals surface area contributed by atoms with Gasteiger partial charge in [-0.2, -0.15) is 0 Å². The van der Waals surface area contributed by atoms with Gasteiger partial charge < -0.3 is 10.8 Å². The van der Waals surface area contributed by atoms with E-state index in [4.69, 9.17) is 22.4 Å². The molecule has 0 spiro atoms. The minimum atomic E-state index is -1.45. The van der Waals surface area contributed by atoms with Crippen LogP contribution in [0.15, 0.2) is 18.2 Å². The van der Waals surface area contributed by atoms with Gasteiger partial charge in [-0.15, -0.1) is 0 Å². The van der Waals surface area contributed by atoms with Crippen molar-refractivity contribution < 1.29 is 14.8 Å². The average molecular weight is 231 g/mol. The molecule has 0 heterocycles. The summed E-state index contributed by atoms with van der Waals surface area (Å²) in [7, 11) is 0. The van der Waals surface area contributed by atoms with E-state index in [0.717, 1.165) is 6.07 Å². The monoisotopic (exact) mass is 230 g/mol. The third kappa shape index (κ3) is 2.42. The Morgan fingerprint density at radius 1 is 1.60 bits per heavy atom. The van der Waals surface area contributed by atoms with Crippen molar-refractivity contribution in [2.45, 2.75) is 6.04 Å². The first-order valence-electron chi connectivity index (χ1n) is 3.85. The molecule has 0 amide bonds. The molecule has 0 aliphatic heterocycles. The van der Waals surface area contributed by atoms with Crippen LogP contribution < -0.4 is 5.73 Å². The molecular formula is C8H7ClN2O4. The largest absolute Gasteiger partial charge is 0.480 e. The third-order valence-corrected chi connectivity index (χ3v) is 2.02. The maximum Gasteiger partial charge on any atom is 0.325 e. The second-order valence-electron chi connectivity index (χ2n) is 2.78. The molecule has 0 radical (unpaired) electrons. The van der Waals surface area contributed by atoms with Crippen molar-refractivity contribution in [2.75, 3.05) is 0 Å². The Kier molecular flexibility index (Phi) is 3.23. The summed E-state index contributed by atoms with van der Waals surface area (Å²) in [6.45, 7) is 0. The standard InChI is InChI=1S/C8H7ClN2O4/c9-4-1-2-6(11(14)15)5(3-4)7(10)8(12)13/h1-3,7H,10H2,(H,12,13). The van der Waals surface area contributed by atoms with Crippen LogP contribution in [0.2, 0.25) is 5.02 Å². The summed E-state index contributed by atoms with van der Waals surface area (Å²) < 4.78 is 0. The molecule has 3 N–H and O–H groups in total. The van der Waals surface area contributed by atoms with Crippen molar-refractivity contribution in [1.82, 2.24) is 0 Å². The minimum absolute atomic E-state index is 0.111. The van der Waals surface area contributed by atoms with Gasteiger partial charge in [-0.05, 0) is 12.1 Å². The van der Waals surface area contributed by atoms with Gasteiger partial charge in [0.2, 0.25) is 0 Å². The summed E-state index contributed by atoms with van der Waals surface area (Å²) >= 11 is 5.60. The molecule has 0 aromatic heterocycles. The molecule has 0 aliphatic rings. The number of carboxylic acids is 1. The Morgan fingerprint density at radius 3 is 2.67 bits per heavy atom. The maximum atomic E-state index is 10.6. The van der Waals surface area contributed by atoms with Crippen molar-refractivity contribution in [2.24, 2.45) is 5.73 Å². The molecule has 1 aromatic carbocycles. The SMILES string of the molecule is NC(C(=O)O)c1cc(Cl)ccc1[N+](=O)[O-]. The fourth-order valence-corrected chi connectivity index (χ4v) is 1.25. The maximum absolute atomic E-state index is 10.6. The molecule has 1 aromatic rings. The van der Waals surface area contributed by atoms with Gasteiger partial charge in [0.25, 0.3) is 5.69 Å². The summed E-state index contributed by atoms with van der Waals surface area (Å²) in [4.78, 5) is 20.5. The third-order valence-electron chi connectivity index (χ3n) is 1.79. The number of nitrogens with zero attached hydrogens (tertiary/aromatic N) is 1. The molecule has 0 aliphatic carbocycles. The summed E-state index contributed by atoms with van der Waals surface area (Å²) in [5, 5.41) is 19.4. The van der Waals surface area contributed by atoms with Gasteiger partial charge in [0.15, 0.2) is 0 Å². The van der Waals surface area contributed by atoms with E-state index in [2.05, 4.69) is 0 Å². The van der Waals surface area contributed by atoms with E-state index in [1.54, 1.807) is 0 Å². The topological polar surface area (TPSA) is 106 Å². The fraction of sp³-hybridized carbons (Fsp3) is 0.125. The highest BCUT2D eigenvalue weighted by atomic mass is 35.5. The molecule has 6 nitrogen and oxygen atoms in total. The van der Waals surface area contributed by atoms with Crippen LogP contribution in [0.5, 0.6) is 0 Å². The first-order chi connectivity index (χ1) is 6.93. The van der Waals surface area contributed by atoms with E-state index in [1.165, 1.54) is 12.1 Å². The number of aliphatic carboxylic acids is 1. The van der Waals surface area contributed by atoms with Crippen LogP contribution in [0, 0.1) is 10.1 Å². The predicted molar refractivity (Wildman–Crippen MR) is 52.7 cm³/mol. The number of carboxylic acid groups (broad SMARTS) is 1. The fourth-order valence-electron chi connectivity index (χ4n) is 1.07. The van der Waals surface area contributed by atoms with Crippen LogP contribution in [-0.2, 0) is 4.79 Å². The Labute approximate surface area is 89.4 Å². The molecule has 0 saturated heterocycles. The molecule has 0 saturated carbocycles. The van der Waals surface area contributed by atoms with E-state index in [9.17, 15) is 14.9 Å². The molecule has 1 unspecified atom stereocenters. The van der Waals surface area contributed by atoms with Gasteiger partial charge in [0.1, 0.15) is 6.04 Å². The quantitative estimate of drug-likeness (QED) is 0.602. The van der Waals surface area contributed by atoms with Gasteiger partial charge in [-0.1, -0.05) is 11.6 Å². The van der Waals surface area contributed by atoms with Gasteiger partial charge in [0, 0.05) is 11.1 Å². The molecule has 15 heavy (non-hydrogen) atoms. The van der Waals surface area contributed by atoms with Crippen molar-refractivity contribution in [3.63, 3.8) is 0 Å². The zero-order chi connectivity index (χ0) is 11.6. The lowest BCUT2D eigenvalue weighted by Gasteiger charge is -2.07. The highest BCUT2D eigenvalue weighted by Crippen LogP contribution is 2.27. The Balaban J connectivity index is 3.30. The number of halogens is 1.